The molecule has 0 bridgehead atoms. The molecule has 3 nitrogen and oxygen atoms in total. The van der Waals surface area contributed by atoms with Gasteiger partial charge in [0.05, 0.1) is 0 Å². The van der Waals surface area contributed by atoms with Gasteiger partial charge in [-0.05, 0) is 22.0 Å². The van der Waals surface area contributed by atoms with Crippen LogP contribution in [0, 0.1) is 11.3 Å². The van der Waals surface area contributed by atoms with Crippen LogP contribution >= 0.6 is 15.9 Å². The first-order valence-electron chi connectivity index (χ1n) is 2.49. The summed E-state index contributed by atoms with van der Waals surface area (Å²) in [7, 11) is 0. The molecule has 4 heteroatoms. The molecule has 0 radical (unpaired) electrons. The number of hydrogen-bond donors (Lipinski definition) is 1. The van der Waals surface area contributed by atoms with Crippen molar-refractivity contribution in [2.75, 3.05) is 0 Å². The van der Waals surface area contributed by atoms with Crippen molar-refractivity contribution in [2.24, 2.45) is 0 Å². The minimum atomic E-state index is -0.239. The summed E-state index contributed by atoms with van der Waals surface area (Å²) in [4.78, 5) is 3.51. The summed E-state index contributed by atoms with van der Waals surface area (Å²) in [6.07, 6.45) is 1.42. The molecule has 0 aliphatic carbocycles. The van der Waals surface area contributed by atoms with Crippen molar-refractivity contribution in [1.29, 1.82) is 5.26 Å². The molecule has 0 aliphatic rings. The minimum absolute atomic E-state index is 0.169. The van der Waals surface area contributed by atoms with Crippen molar-refractivity contribution in [3.05, 3.63) is 22.3 Å². The highest BCUT2D eigenvalue weighted by Gasteiger charge is 2.03. The molecule has 0 fully saturated rings. The third kappa shape index (κ3) is 1.09. The van der Waals surface area contributed by atoms with Gasteiger partial charge in [-0.15, -0.1) is 0 Å². The van der Waals surface area contributed by atoms with Crippen molar-refractivity contribution >= 4 is 15.9 Å². The largest absolute Gasteiger partial charge is 0.492 e. The van der Waals surface area contributed by atoms with E-state index in [9.17, 15) is 0 Å². The van der Waals surface area contributed by atoms with Crippen LogP contribution in [0.25, 0.3) is 0 Å². The lowest BCUT2D eigenvalue weighted by Gasteiger charge is -1.94. The number of pyridine rings is 1. The van der Waals surface area contributed by atoms with Gasteiger partial charge in [0, 0.05) is 10.7 Å². The Bertz CT molecular complexity index is 272. The standard InChI is InChI=1S/C6H3BrN2O/c7-5-1-2-9-6(10)4(5)3-8/h1-2H,(H,9,10). The van der Waals surface area contributed by atoms with Gasteiger partial charge in [0.2, 0.25) is 5.88 Å². The number of hydrogen-bond acceptors (Lipinski definition) is 3. The number of aromatic hydroxyl groups is 1. The van der Waals surface area contributed by atoms with Gasteiger partial charge in [-0.25, -0.2) is 4.98 Å². The zero-order valence-corrected chi connectivity index (χ0v) is 6.46. The van der Waals surface area contributed by atoms with Crippen LogP contribution in [-0.2, 0) is 0 Å². The third-order valence-corrected chi connectivity index (χ3v) is 1.65. The molecular weight excluding hydrogens is 196 g/mol. The Morgan fingerprint density at radius 2 is 2.40 bits per heavy atom. The average molecular weight is 199 g/mol. The molecule has 0 spiro atoms. The normalized spacial score (nSPS) is 8.80. The summed E-state index contributed by atoms with van der Waals surface area (Å²) in [5, 5.41) is 17.3. The average Bonchev–Trinajstić information content (AvgIpc) is 1.88. The zero-order chi connectivity index (χ0) is 7.56. The SMILES string of the molecule is N#Cc1c(Br)ccnc1O. The summed E-state index contributed by atoms with van der Waals surface area (Å²) in [6.45, 7) is 0. The third-order valence-electron chi connectivity index (χ3n) is 0.992. The monoisotopic (exact) mass is 198 g/mol. The Balaban J connectivity index is 3.34. The van der Waals surface area contributed by atoms with Crippen molar-refractivity contribution < 1.29 is 5.11 Å². The lowest BCUT2D eigenvalue weighted by molar-refractivity contribution is 0.451. The van der Waals surface area contributed by atoms with Gasteiger partial charge < -0.3 is 5.11 Å². The fraction of sp³-hybridized carbons (Fsp3) is 0. The molecule has 0 saturated heterocycles. The van der Waals surface area contributed by atoms with Crippen LogP contribution in [0.3, 0.4) is 0 Å². The molecule has 0 amide bonds. The molecule has 0 atom stereocenters. The molecule has 1 aromatic heterocycles. The smallest absolute Gasteiger partial charge is 0.230 e. The van der Waals surface area contributed by atoms with E-state index in [0.717, 1.165) is 0 Å². The molecule has 1 N–H and O–H groups in total. The number of halogens is 1. The van der Waals surface area contributed by atoms with E-state index in [2.05, 4.69) is 20.9 Å². The Labute approximate surface area is 66.1 Å². The Morgan fingerprint density at radius 3 is 2.80 bits per heavy atom. The molecular formula is C6H3BrN2O. The predicted molar refractivity (Wildman–Crippen MR) is 38.3 cm³/mol. The Hall–Kier alpha value is -1.08. The lowest BCUT2D eigenvalue weighted by atomic mass is 10.3. The highest BCUT2D eigenvalue weighted by Crippen LogP contribution is 2.21. The van der Waals surface area contributed by atoms with Gasteiger partial charge in [0.25, 0.3) is 0 Å². The Kier molecular flexibility index (Phi) is 1.88. The summed E-state index contributed by atoms with van der Waals surface area (Å²) in [5.74, 6) is -0.239. The van der Waals surface area contributed by atoms with Crippen LogP contribution in [0.4, 0.5) is 0 Å². The van der Waals surface area contributed by atoms with Gasteiger partial charge in [-0.1, -0.05) is 0 Å². The number of aromatic nitrogens is 1. The Morgan fingerprint density at radius 1 is 1.70 bits per heavy atom. The zero-order valence-electron chi connectivity index (χ0n) is 4.87. The maximum atomic E-state index is 8.93. The molecule has 1 heterocycles. The van der Waals surface area contributed by atoms with E-state index in [4.69, 9.17) is 10.4 Å². The summed E-state index contributed by atoms with van der Waals surface area (Å²) in [6, 6.07) is 3.40. The van der Waals surface area contributed by atoms with E-state index in [1.54, 1.807) is 12.1 Å². The van der Waals surface area contributed by atoms with Crippen molar-refractivity contribution in [1.82, 2.24) is 4.98 Å². The van der Waals surface area contributed by atoms with Crippen LogP contribution in [0.1, 0.15) is 5.56 Å². The van der Waals surface area contributed by atoms with E-state index in [-0.39, 0.29) is 11.4 Å². The first kappa shape index (κ1) is 7.03. The fourth-order valence-electron chi connectivity index (χ4n) is 0.531. The summed E-state index contributed by atoms with van der Waals surface area (Å²) >= 11 is 3.08. The van der Waals surface area contributed by atoms with Crippen molar-refractivity contribution in [3.8, 4) is 11.9 Å². The van der Waals surface area contributed by atoms with Gasteiger partial charge in [-0.3, -0.25) is 0 Å². The fourth-order valence-corrected chi connectivity index (χ4v) is 0.916. The molecule has 0 aromatic carbocycles. The molecule has 1 rings (SSSR count). The van der Waals surface area contributed by atoms with Gasteiger partial charge in [-0.2, -0.15) is 5.26 Å². The summed E-state index contributed by atoms with van der Waals surface area (Å²) < 4.78 is 0.558. The van der Waals surface area contributed by atoms with E-state index in [0.29, 0.717) is 4.47 Å². The molecule has 10 heavy (non-hydrogen) atoms. The van der Waals surface area contributed by atoms with Crippen LogP contribution in [-0.4, -0.2) is 10.1 Å². The number of nitriles is 1. The number of rotatable bonds is 0. The van der Waals surface area contributed by atoms with E-state index in [1.807, 2.05) is 0 Å². The highest BCUT2D eigenvalue weighted by atomic mass is 79.9. The predicted octanol–water partition coefficient (Wildman–Crippen LogP) is 1.42. The number of nitrogens with zero attached hydrogens (tertiary/aromatic N) is 2. The molecule has 1 aromatic rings. The maximum Gasteiger partial charge on any atom is 0.230 e. The van der Waals surface area contributed by atoms with Crippen LogP contribution in [0.2, 0.25) is 0 Å². The van der Waals surface area contributed by atoms with Gasteiger partial charge >= 0.3 is 0 Å². The topological polar surface area (TPSA) is 56.9 Å². The first-order valence-corrected chi connectivity index (χ1v) is 3.28. The molecule has 0 saturated carbocycles. The summed E-state index contributed by atoms with van der Waals surface area (Å²) in [5.41, 5.74) is 0.169. The van der Waals surface area contributed by atoms with Crippen LogP contribution in [0.15, 0.2) is 16.7 Å². The quantitative estimate of drug-likeness (QED) is 0.687. The van der Waals surface area contributed by atoms with Crippen molar-refractivity contribution in [3.63, 3.8) is 0 Å². The highest BCUT2D eigenvalue weighted by molar-refractivity contribution is 9.10. The van der Waals surface area contributed by atoms with Gasteiger partial charge in [0.1, 0.15) is 11.6 Å². The van der Waals surface area contributed by atoms with E-state index in [1.165, 1.54) is 6.20 Å². The van der Waals surface area contributed by atoms with Gasteiger partial charge in [0.15, 0.2) is 0 Å². The van der Waals surface area contributed by atoms with Crippen LogP contribution < -0.4 is 0 Å². The second kappa shape index (κ2) is 2.67. The second-order valence-corrected chi connectivity index (χ2v) is 2.46. The molecule has 50 valence electrons. The van der Waals surface area contributed by atoms with E-state index >= 15 is 0 Å². The minimum Gasteiger partial charge on any atom is -0.492 e. The molecule has 0 aliphatic heterocycles. The molecule has 0 unspecified atom stereocenters. The second-order valence-electron chi connectivity index (χ2n) is 1.60. The van der Waals surface area contributed by atoms with E-state index < -0.39 is 0 Å². The lowest BCUT2D eigenvalue weighted by Crippen LogP contribution is -1.81. The van der Waals surface area contributed by atoms with Crippen molar-refractivity contribution in [2.45, 2.75) is 0 Å². The maximum absolute atomic E-state index is 8.93. The van der Waals surface area contributed by atoms with Crippen LogP contribution in [0.5, 0.6) is 5.88 Å². The first-order chi connectivity index (χ1) is 4.75.